The fourth-order valence-electron chi connectivity index (χ4n) is 2.78. The molecule has 0 radical (unpaired) electrons. The molecule has 3 rings (SSSR count). The van der Waals surface area contributed by atoms with Crippen molar-refractivity contribution in [1.29, 1.82) is 0 Å². The highest BCUT2D eigenvalue weighted by atomic mass is 32.2. The lowest BCUT2D eigenvalue weighted by atomic mass is 10.2. The maximum Gasteiger partial charge on any atom is 0.274 e. The van der Waals surface area contributed by atoms with Gasteiger partial charge < -0.3 is 5.32 Å². The van der Waals surface area contributed by atoms with Gasteiger partial charge in [0.05, 0.1) is 10.4 Å². The molecule has 146 valence electrons. The molecule has 28 heavy (non-hydrogen) atoms. The van der Waals surface area contributed by atoms with Gasteiger partial charge in [0.15, 0.2) is 0 Å². The summed E-state index contributed by atoms with van der Waals surface area (Å²) in [6.45, 7) is 2.49. The number of pyridine rings is 1. The number of hydrogen-bond acceptors (Lipinski definition) is 4. The second-order valence-electron chi connectivity index (χ2n) is 6.55. The van der Waals surface area contributed by atoms with Crippen LogP contribution >= 0.6 is 0 Å². The van der Waals surface area contributed by atoms with E-state index in [1.54, 1.807) is 25.2 Å². The molecule has 0 aliphatic rings. The summed E-state index contributed by atoms with van der Waals surface area (Å²) in [6.07, 6.45) is 1.73. The minimum Gasteiger partial charge on any atom is -0.321 e. The Labute approximate surface area is 165 Å². The number of carbonyl (C=O) groups is 1. The summed E-state index contributed by atoms with van der Waals surface area (Å²) in [5, 5.41) is 3.71. The van der Waals surface area contributed by atoms with Crippen molar-refractivity contribution in [3.63, 3.8) is 0 Å². The van der Waals surface area contributed by atoms with Crippen molar-refractivity contribution < 1.29 is 13.2 Å². The molecular weight excluding hydrogens is 374 g/mol. The molecule has 0 saturated carbocycles. The maximum absolute atomic E-state index is 12.5. The first kappa shape index (κ1) is 20.0. The molecule has 1 N–H and O–H groups in total. The Bertz CT molecular complexity index is 1080. The van der Waals surface area contributed by atoms with Crippen molar-refractivity contribution in [2.24, 2.45) is 0 Å². The molecule has 2 aromatic carbocycles. The molecule has 6 nitrogen and oxygen atoms in total. The summed E-state index contributed by atoms with van der Waals surface area (Å²) in [5.74, 6) is -0.346. The Morgan fingerprint density at radius 3 is 2.46 bits per heavy atom. The van der Waals surface area contributed by atoms with Gasteiger partial charge in [0.1, 0.15) is 5.69 Å². The number of fused-ring (bicyclic) bond motifs is 1. The van der Waals surface area contributed by atoms with Crippen LogP contribution in [-0.4, -0.2) is 37.2 Å². The van der Waals surface area contributed by atoms with Crippen molar-refractivity contribution in [3.8, 4) is 0 Å². The van der Waals surface area contributed by atoms with E-state index in [-0.39, 0.29) is 10.8 Å². The fraction of sp³-hybridized carbons (Fsp3) is 0.238. The molecule has 0 unspecified atom stereocenters. The highest BCUT2D eigenvalue weighted by Gasteiger charge is 2.20. The van der Waals surface area contributed by atoms with Gasteiger partial charge in [-0.15, -0.1) is 0 Å². The van der Waals surface area contributed by atoms with Crippen LogP contribution in [-0.2, 0) is 10.0 Å². The zero-order valence-corrected chi connectivity index (χ0v) is 16.7. The number of nitrogens with one attached hydrogen (secondary N) is 1. The number of carbonyl (C=O) groups excluding carboxylic acids is 1. The first-order chi connectivity index (χ1) is 13.4. The highest BCUT2D eigenvalue weighted by Crippen LogP contribution is 2.19. The van der Waals surface area contributed by atoms with Crippen molar-refractivity contribution >= 4 is 32.5 Å². The van der Waals surface area contributed by atoms with Crippen molar-refractivity contribution in [3.05, 3.63) is 66.4 Å². The number of rotatable bonds is 7. The minimum atomic E-state index is -3.52. The summed E-state index contributed by atoms with van der Waals surface area (Å²) < 4.78 is 26.4. The van der Waals surface area contributed by atoms with Crippen molar-refractivity contribution in [2.75, 3.05) is 18.9 Å². The summed E-state index contributed by atoms with van der Waals surface area (Å²) in [7, 11) is -1.95. The number of nitrogens with zero attached hydrogens (tertiary/aromatic N) is 2. The molecule has 0 fully saturated rings. The molecule has 0 atom stereocenters. The van der Waals surface area contributed by atoms with E-state index in [2.05, 4.69) is 10.3 Å². The van der Waals surface area contributed by atoms with Gasteiger partial charge in [-0.2, -0.15) is 0 Å². The zero-order valence-electron chi connectivity index (χ0n) is 15.9. The van der Waals surface area contributed by atoms with Crippen LogP contribution in [0.25, 0.3) is 10.9 Å². The van der Waals surface area contributed by atoms with Crippen LogP contribution in [0.3, 0.4) is 0 Å². The third-order valence-electron chi connectivity index (χ3n) is 4.48. The summed E-state index contributed by atoms with van der Waals surface area (Å²) in [4.78, 5) is 17.0. The van der Waals surface area contributed by atoms with Crippen molar-refractivity contribution in [1.82, 2.24) is 9.29 Å². The zero-order chi connectivity index (χ0) is 20.1. The number of amides is 1. The number of aromatic nitrogens is 1. The highest BCUT2D eigenvalue weighted by molar-refractivity contribution is 7.89. The maximum atomic E-state index is 12.5. The predicted octanol–water partition coefficient (Wildman–Crippen LogP) is 3.91. The average Bonchev–Trinajstić information content (AvgIpc) is 2.71. The molecule has 0 spiro atoms. The van der Waals surface area contributed by atoms with Crippen LogP contribution in [0.15, 0.2) is 65.6 Å². The van der Waals surface area contributed by atoms with Gasteiger partial charge in [0.2, 0.25) is 10.0 Å². The quantitative estimate of drug-likeness (QED) is 0.656. The largest absolute Gasteiger partial charge is 0.321 e. The second kappa shape index (κ2) is 8.50. The van der Waals surface area contributed by atoms with Gasteiger partial charge >= 0.3 is 0 Å². The topological polar surface area (TPSA) is 79.4 Å². The number of unbranched alkanes of at least 4 members (excludes halogenated alkanes) is 1. The van der Waals surface area contributed by atoms with E-state index >= 15 is 0 Å². The number of benzene rings is 2. The van der Waals surface area contributed by atoms with Gasteiger partial charge in [0, 0.05) is 24.7 Å². The molecule has 1 amide bonds. The van der Waals surface area contributed by atoms with Crippen LogP contribution < -0.4 is 5.32 Å². The van der Waals surface area contributed by atoms with Crippen LogP contribution in [0.1, 0.15) is 30.3 Å². The first-order valence-corrected chi connectivity index (χ1v) is 10.6. The molecule has 1 heterocycles. The van der Waals surface area contributed by atoms with Crippen LogP contribution in [0, 0.1) is 0 Å². The lowest BCUT2D eigenvalue weighted by molar-refractivity contribution is 0.102. The Hall–Kier alpha value is -2.77. The van der Waals surface area contributed by atoms with Crippen molar-refractivity contribution in [2.45, 2.75) is 24.7 Å². The van der Waals surface area contributed by atoms with Crippen LogP contribution in [0.2, 0.25) is 0 Å². The van der Waals surface area contributed by atoms with E-state index in [9.17, 15) is 13.2 Å². The Morgan fingerprint density at radius 1 is 1.04 bits per heavy atom. The lowest BCUT2D eigenvalue weighted by Crippen LogP contribution is -2.27. The monoisotopic (exact) mass is 397 g/mol. The Balaban J connectivity index is 1.73. The normalized spacial score (nSPS) is 11.7. The van der Waals surface area contributed by atoms with Gasteiger partial charge in [-0.3, -0.25) is 4.79 Å². The van der Waals surface area contributed by atoms with E-state index in [4.69, 9.17) is 0 Å². The molecule has 0 aliphatic carbocycles. The summed E-state index contributed by atoms with van der Waals surface area (Å²) in [6, 6.07) is 17.2. The average molecular weight is 398 g/mol. The van der Waals surface area contributed by atoms with Gasteiger partial charge in [-0.1, -0.05) is 37.6 Å². The van der Waals surface area contributed by atoms with E-state index in [0.717, 1.165) is 23.7 Å². The predicted molar refractivity (Wildman–Crippen MR) is 111 cm³/mol. The Kier molecular flexibility index (Phi) is 6.06. The van der Waals surface area contributed by atoms with Crippen LogP contribution in [0.5, 0.6) is 0 Å². The minimum absolute atomic E-state index is 0.202. The third kappa shape index (κ3) is 4.37. The van der Waals surface area contributed by atoms with E-state index < -0.39 is 10.0 Å². The molecule has 0 aliphatic heterocycles. The van der Waals surface area contributed by atoms with Gasteiger partial charge in [-0.25, -0.2) is 17.7 Å². The molecule has 1 aromatic heterocycles. The number of anilines is 1. The van der Waals surface area contributed by atoms with E-state index in [1.165, 1.54) is 16.4 Å². The molecule has 0 saturated heterocycles. The SMILES string of the molecule is CCCCN(C)S(=O)(=O)c1ccc(NC(=O)c2ccc3ccccc3n2)cc1. The number of sulfonamides is 1. The second-order valence-corrected chi connectivity index (χ2v) is 8.59. The molecular formula is C21H23N3O3S. The number of hydrogen-bond donors (Lipinski definition) is 1. The molecule has 3 aromatic rings. The van der Waals surface area contributed by atoms with Gasteiger partial charge in [-0.05, 0) is 42.8 Å². The smallest absolute Gasteiger partial charge is 0.274 e. The Morgan fingerprint density at radius 2 is 1.75 bits per heavy atom. The third-order valence-corrected chi connectivity index (χ3v) is 6.35. The molecule has 7 heteroatoms. The molecule has 0 bridgehead atoms. The van der Waals surface area contributed by atoms with E-state index in [1.807, 2.05) is 37.3 Å². The number of para-hydroxylation sites is 1. The van der Waals surface area contributed by atoms with Gasteiger partial charge in [0.25, 0.3) is 5.91 Å². The lowest BCUT2D eigenvalue weighted by Gasteiger charge is -2.17. The summed E-state index contributed by atoms with van der Waals surface area (Å²) in [5.41, 5.74) is 1.55. The van der Waals surface area contributed by atoms with Crippen LogP contribution in [0.4, 0.5) is 5.69 Å². The standard InChI is InChI=1S/C21H23N3O3S/c1-3-4-15-24(2)28(26,27)18-12-10-17(11-13-18)22-21(25)20-14-9-16-7-5-6-8-19(16)23-20/h5-14H,3-4,15H2,1-2H3,(H,22,25). The first-order valence-electron chi connectivity index (χ1n) is 9.15. The summed E-state index contributed by atoms with van der Waals surface area (Å²) >= 11 is 0. The van der Waals surface area contributed by atoms with E-state index in [0.29, 0.717) is 17.9 Å². The fourth-order valence-corrected chi connectivity index (χ4v) is 3.99.